The summed E-state index contributed by atoms with van der Waals surface area (Å²) in [6.45, 7) is 0. The highest BCUT2D eigenvalue weighted by Gasteiger charge is 2.14. The summed E-state index contributed by atoms with van der Waals surface area (Å²) in [6.07, 6.45) is 1.49. The number of benzene rings is 2. The Kier molecular flexibility index (Phi) is 5.58. The number of amides is 2. The first-order valence-corrected chi connectivity index (χ1v) is 9.66. The van der Waals surface area contributed by atoms with Crippen LogP contribution in [-0.2, 0) is 10.0 Å². The molecular formula is C18H15ClN4O3S. The number of carbonyl (C=O) groups is 1. The Morgan fingerprint density at radius 1 is 0.889 bits per heavy atom. The molecule has 0 spiro atoms. The smallest absolute Gasteiger partial charge is 0.308 e. The molecule has 0 atom stereocenters. The molecule has 1 aromatic heterocycles. The number of halogens is 1. The van der Waals surface area contributed by atoms with Gasteiger partial charge in [0, 0.05) is 22.6 Å². The number of hydrogen-bond acceptors (Lipinski definition) is 4. The lowest BCUT2D eigenvalue weighted by atomic mass is 10.3. The Balaban J connectivity index is 1.65. The van der Waals surface area contributed by atoms with E-state index in [1.807, 2.05) is 0 Å². The van der Waals surface area contributed by atoms with Crippen molar-refractivity contribution in [2.75, 3.05) is 15.4 Å². The monoisotopic (exact) mass is 402 g/mol. The van der Waals surface area contributed by atoms with Gasteiger partial charge in [-0.1, -0.05) is 23.7 Å². The Bertz CT molecular complexity index is 1040. The number of urea groups is 1. The molecule has 0 saturated heterocycles. The molecule has 2 amide bonds. The first-order chi connectivity index (χ1) is 12.9. The van der Waals surface area contributed by atoms with E-state index in [0.717, 1.165) is 0 Å². The van der Waals surface area contributed by atoms with Crippen molar-refractivity contribution < 1.29 is 13.2 Å². The van der Waals surface area contributed by atoms with Gasteiger partial charge in [0.05, 0.1) is 4.90 Å². The molecule has 138 valence electrons. The quantitative estimate of drug-likeness (QED) is 0.596. The average molecular weight is 403 g/mol. The summed E-state index contributed by atoms with van der Waals surface area (Å²) in [6, 6.07) is 16.9. The summed E-state index contributed by atoms with van der Waals surface area (Å²) in [5, 5.41) is 5.76. The average Bonchev–Trinajstić information content (AvgIpc) is 2.62. The topological polar surface area (TPSA) is 100 Å². The summed E-state index contributed by atoms with van der Waals surface area (Å²) < 4.78 is 27.1. The molecule has 0 fully saturated rings. The summed E-state index contributed by atoms with van der Waals surface area (Å²) in [5.41, 5.74) is 0.977. The lowest BCUT2D eigenvalue weighted by Crippen LogP contribution is -2.19. The Morgan fingerprint density at radius 2 is 1.63 bits per heavy atom. The molecule has 7 nitrogen and oxygen atoms in total. The fourth-order valence-electron chi connectivity index (χ4n) is 2.20. The van der Waals surface area contributed by atoms with Gasteiger partial charge in [-0.2, -0.15) is 0 Å². The molecule has 2 aromatic carbocycles. The molecular weight excluding hydrogens is 388 g/mol. The number of nitrogens with zero attached hydrogens (tertiary/aromatic N) is 1. The summed E-state index contributed by atoms with van der Waals surface area (Å²) in [7, 11) is -3.77. The van der Waals surface area contributed by atoms with Crippen molar-refractivity contribution in [3.63, 3.8) is 0 Å². The molecule has 0 aliphatic heterocycles. The highest BCUT2D eigenvalue weighted by atomic mass is 35.5. The first kappa shape index (κ1) is 18.7. The third-order valence-electron chi connectivity index (χ3n) is 3.41. The van der Waals surface area contributed by atoms with Crippen LogP contribution in [0.1, 0.15) is 0 Å². The molecule has 0 radical (unpaired) electrons. The van der Waals surface area contributed by atoms with Crippen LogP contribution in [0.3, 0.4) is 0 Å². The van der Waals surface area contributed by atoms with E-state index in [0.29, 0.717) is 16.4 Å². The Morgan fingerprint density at radius 3 is 2.30 bits per heavy atom. The number of nitrogens with one attached hydrogen (secondary N) is 3. The van der Waals surface area contributed by atoms with Gasteiger partial charge in [-0.25, -0.2) is 18.2 Å². The standard InChI is InChI=1S/C18H15ClN4O3S/c19-13-4-3-5-15(12-13)22-18(24)21-14-7-9-16(10-8-14)27(25,26)23-17-6-1-2-11-20-17/h1-12H,(H,20,23)(H2,21,22,24). The highest BCUT2D eigenvalue weighted by Crippen LogP contribution is 2.18. The van der Waals surface area contributed by atoms with Gasteiger partial charge >= 0.3 is 6.03 Å². The number of pyridine rings is 1. The van der Waals surface area contributed by atoms with Gasteiger partial charge in [0.1, 0.15) is 5.82 Å². The number of carbonyl (C=O) groups excluding carboxylic acids is 1. The maximum absolute atomic E-state index is 12.3. The maximum atomic E-state index is 12.3. The zero-order valence-corrected chi connectivity index (χ0v) is 15.5. The van der Waals surface area contributed by atoms with Crippen LogP contribution in [0.15, 0.2) is 77.8 Å². The number of rotatable bonds is 5. The van der Waals surface area contributed by atoms with Crippen molar-refractivity contribution in [1.82, 2.24) is 4.98 Å². The molecule has 3 aromatic rings. The fourth-order valence-corrected chi connectivity index (χ4v) is 3.40. The SMILES string of the molecule is O=C(Nc1ccc(S(=O)(=O)Nc2ccccn2)cc1)Nc1cccc(Cl)c1. The van der Waals surface area contributed by atoms with E-state index >= 15 is 0 Å². The number of sulfonamides is 1. The van der Waals surface area contributed by atoms with E-state index in [-0.39, 0.29) is 10.7 Å². The molecule has 1 heterocycles. The minimum absolute atomic E-state index is 0.0500. The van der Waals surface area contributed by atoms with Crippen molar-refractivity contribution in [1.29, 1.82) is 0 Å². The minimum Gasteiger partial charge on any atom is -0.308 e. The van der Waals surface area contributed by atoms with Crippen molar-refractivity contribution in [2.24, 2.45) is 0 Å². The zero-order chi connectivity index (χ0) is 19.3. The molecule has 3 N–H and O–H groups in total. The lowest BCUT2D eigenvalue weighted by Gasteiger charge is -2.10. The fraction of sp³-hybridized carbons (Fsp3) is 0. The van der Waals surface area contributed by atoms with Gasteiger partial charge in [0.25, 0.3) is 10.0 Å². The number of anilines is 3. The van der Waals surface area contributed by atoms with E-state index in [9.17, 15) is 13.2 Å². The largest absolute Gasteiger partial charge is 0.323 e. The van der Waals surface area contributed by atoms with Crippen LogP contribution in [0, 0.1) is 0 Å². The van der Waals surface area contributed by atoms with Crippen LogP contribution in [0.2, 0.25) is 5.02 Å². The minimum atomic E-state index is -3.77. The van der Waals surface area contributed by atoms with E-state index in [4.69, 9.17) is 11.6 Å². The first-order valence-electron chi connectivity index (χ1n) is 7.80. The van der Waals surface area contributed by atoms with Gasteiger partial charge in [-0.3, -0.25) is 4.72 Å². The van der Waals surface area contributed by atoms with Gasteiger partial charge < -0.3 is 10.6 Å². The summed E-state index contributed by atoms with van der Waals surface area (Å²) >= 11 is 5.87. The number of hydrogen-bond donors (Lipinski definition) is 3. The van der Waals surface area contributed by atoms with Gasteiger partial charge in [0.15, 0.2) is 0 Å². The molecule has 9 heteroatoms. The van der Waals surface area contributed by atoms with E-state index in [1.165, 1.54) is 30.5 Å². The predicted octanol–water partition coefficient (Wildman–Crippen LogP) is 4.18. The molecule has 3 rings (SSSR count). The highest BCUT2D eigenvalue weighted by molar-refractivity contribution is 7.92. The molecule has 0 bridgehead atoms. The van der Waals surface area contributed by atoms with Gasteiger partial charge in [-0.15, -0.1) is 0 Å². The van der Waals surface area contributed by atoms with Crippen molar-refractivity contribution in [2.45, 2.75) is 4.90 Å². The van der Waals surface area contributed by atoms with Crippen LogP contribution >= 0.6 is 11.6 Å². The Hall–Kier alpha value is -3.10. The van der Waals surface area contributed by atoms with Crippen LogP contribution in [0.25, 0.3) is 0 Å². The normalized spacial score (nSPS) is 10.9. The van der Waals surface area contributed by atoms with Crippen molar-refractivity contribution in [3.8, 4) is 0 Å². The predicted molar refractivity (Wildman–Crippen MR) is 106 cm³/mol. The second-order valence-corrected chi connectivity index (χ2v) is 7.55. The van der Waals surface area contributed by atoms with Gasteiger partial charge in [0.2, 0.25) is 0 Å². The van der Waals surface area contributed by atoms with Gasteiger partial charge in [-0.05, 0) is 54.6 Å². The Labute approximate surface area is 161 Å². The van der Waals surface area contributed by atoms with Crippen LogP contribution in [-0.4, -0.2) is 19.4 Å². The summed E-state index contributed by atoms with van der Waals surface area (Å²) in [4.78, 5) is 16.0. The molecule has 27 heavy (non-hydrogen) atoms. The van der Waals surface area contributed by atoms with Crippen LogP contribution in [0.5, 0.6) is 0 Å². The van der Waals surface area contributed by atoms with E-state index in [1.54, 1.807) is 42.5 Å². The summed E-state index contributed by atoms with van der Waals surface area (Å²) in [5.74, 6) is 0.223. The maximum Gasteiger partial charge on any atom is 0.323 e. The third kappa shape index (κ3) is 5.19. The second kappa shape index (κ2) is 8.07. The van der Waals surface area contributed by atoms with Crippen LogP contribution < -0.4 is 15.4 Å². The van der Waals surface area contributed by atoms with Crippen molar-refractivity contribution >= 4 is 44.8 Å². The van der Waals surface area contributed by atoms with Crippen LogP contribution in [0.4, 0.5) is 22.0 Å². The molecule has 0 saturated carbocycles. The second-order valence-electron chi connectivity index (χ2n) is 5.43. The third-order valence-corrected chi connectivity index (χ3v) is 5.01. The van der Waals surface area contributed by atoms with E-state index in [2.05, 4.69) is 20.3 Å². The van der Waals surface area contributed by atoms with E-state index < -0.39 is 16.1 Å². The molecule has 0 aliphatic carbocycles. The zero-order valence-electron chi connectivity index (χ0n) is 13.9. The molecule has 0 unspecified atom stereocenters. The lowest BCUT2D eigenvalue weighted by molar-refractivity contribution is 0.262. The number of aromatic nitrogens is 1. The van der Waals surface area contributed by atoms with Crippen molar-refractivity contribution in [3.05, 3.63) is 77.9 Å². The molecule has 0 aliphatic rings.